The van der Waals surface area contributed by atoms with Gasteiger partial charge in [0.2, 0.25) is 0 Å². The zero-order chi connectivity index (χ0) is 13.2. The number of aryl methyl sites for hydroxylation is 1. The number of fused-ring (bicyclic) bond motifs is 1. The maximum absolute atomic E-state index is 12.0. The highest BCUT2D eigenvalue weighted by molar-refractivity contribution is 5.96. The number of amides is 1. The van der Waals surface area contributed by atoms with E-state index < -0.39 is 6.10 Å². The van der Waals surface area contributed by atoms with Crippen LogP contribution in [0.15, 0.2) is 41.2 Å². The molecule has 1 aromatic carbocycles. The highest BCUT2D eigenvalue weighted by Crippen LogP contribution is 2.25. The van der Waals surface area contributed by atoms with Crippen molar-refractivity contribution in [3.63, 3.8) is 0 Å². The third-order valence-electron chi connectivity index (χ3n) is 3.46. The van der Waals surface area contributed by atoms with E-state index in [0.29, 0.717) is 23.2 Å². The molecule has 2 heterocycles. The number of hydrogen-bond acceptors (Lipinski definition) is 3. The van der Waals surface area contributed by atoms with E-state index in [1.807, 2.05) is 12.1 Å². The number of nitrogens with one attached hydrogen (secondary N) is 1. The molecule has 1 aliphatic heterocycles. The quantitative estimate of drug-likeness (QED) is 0.865. The van der Waals surface area contributed by atoms with Crippen LogP contribution in [-0.4, -0.2) is 17.6 Å². The maximum Gasteiger partial charge on any atom is 0.251 e. The van der Waals surface area contributed by atoms with Gasteiger partial charge in [-0.25, -0.2) is 0 Å². The van der Waals surface area contributed by atoms with E-state index in [0.717, 1.165) is 18.4 Å². The fourth-order valence-electron chi connectivity index (χ4n) is 2.39. The van der Waals surface area contributed by atoms with Gasteiger partial charge in [0.25, 0.3) is 5.91 Å². The molecule has 1 aliphatic rings. The Morgan fingerprint density at radius 2 is 2.16 bits per heavy atom. The molecule has 1 unspecified atom stereocenters. The van der Waals surface area contributed by atoms with Crippen LogP contribution in [0.25, 0.3) is 0 Å². The van der Waals surface area contributed by atoms with E-state index in [4.69, 9.17) is 4.42 Å². The van der Waals surface area contributed by atoms with Gasteiger partial charge < -0.3 is 14.8 Å². The topological polar surface area (TPSA) is 62.5 Å². The number of rotatable bonds is 2. The summed E-state index contributed by atoms with van der Waals surface area (Å²) in [6.45, 7) is 0.702. The van der Waals surface area contributed by atoms with Gasteiger partial charge in [0, 0.05) is 17.7 Å². The van der Waals surface area contributed by atoms with Crippen LogP contribution in [0.5, 0.6) is 0 Å². The SMILES string of the molecule is O=C1NCCCc2ccc(C(O)c3ccoc3)cc21. The van der Waals surface area contributed by atoms with Crippen LogP contribution < -0.4 is 5.32 Å². The smallest absolute Gasteiger partial charge is 0.251 e. The fraction of sp³-hybridized carbons (Fsp3) is 0.267. The number of carbonyl (C=O) groups excluding carboxylic acids is 1. The Hall–Kier alpha value is -2.07. The van der Waals surface area contributed by atoms with Gasteiger partial charge in [-0.15, -0.1) is 0 Å². The van der Waals surface area contributed by atoms with Crippen molar-refractivity contribution in [1.29, 1.82) is 0 Å². The Balaban J connectivity index is 1.98. The zero-order valence-corrected chi connectivity index (χ0v) is 10.4. The van der Waals surface area contributed by atoms with E-state index in [1.165, 1.54) is 12.5 Å². The molecule has 0 radical (unpaired) electrons. The Kier molecular flexibility index (Phi) is 3.09. The summed E-state index contributed by atoms with van der Waals surface area (Å²) in [7, 11) is 0. The molecule has 98 valence electrons. The predicted octanol–water partition coefficient (Wildman–Crippen LogP) is 2.04. The van der Waals surface area contributed by atoms with Crippen LogP contribution in [-0.2, 0) is 6.42 Å². The van der Waals surface area contributed by atoms with Gasteiger partial charge in [0.05, 0.1) is 12.5 Å². The highest BCUT2D eigenvalue weighted by atomic mass is 16.3. The van der Waals surface area contributed by atoms with Gasteiger partial charge in [0.1, 0.15) is 6.10 Å². The first-order chi connectivity index (χ1) is 9.25. The number of benzene rings is 1. The number of hydrogen-bond donors (Lipinski definition) is 2. The molecule has 2 aromatic rings. The molecule has 2 N–H and O–H groups in total. The van der Waals surface area contributed by atoms with Crippen molar-refractivity contribution < 1.29 is 14.3 Å². The predicted molar refractivity (Wildman–Crippen MR) is 69.9 cm³/mol. The summed E-state index contributed by atoms with van der Waals surface area (Å²) in [6, 6.07) is 7.29. The van der Waals surface area contributed by atoms with E-state index in [-0.39, 0.29) is 5.91 Å². The van der Waals surface area contributed by atoms with Gasteiger partial charge in [-0.2, -0.15) is 0 Å². The van der Waals surface area contributed by atoms with Crippen LogP contribution in [0.2, 0.25) is 0 Å². The lowest BCUT2D eigenvalue weighted by Gasteiger charge is -2.12. The summed E-state index contributed by atoms with van der Waals surface area (Å²) in [5.74, 6) is -0.0613. The molecule has 0 spiro atoms. The van der Waals surface area contributed by atoms with Crippen molar-refractivity contribution in [3.05, 3.63) is 59.0 Å². The number of furan rings is 1. The van der Waals surface area contributed by atoms with Gasteiger partial charge >= 0.3 is 0 Å². The molecule has 3 rings (SSSR count). The zero-order valence-electron chi connectivity index (χ0n) is 10.4. The monoisotopic (exact) mass is 257 g/mol. The largest absolute Gasteiger partial charge is 0.472 e. The van der Waals surface area contributed by atoms with Gasteiger partial charge in [0.15, 0.2) is 0 Å². The van der Waals surface area contributed by atoms with Gasteiger partial charge in [-0.1, -0.05) is 12.1 Å². The van der Waals surface area contributed by atoms with E-state index in [1.54, 1.807) is 12.1 Å². The molecular weight excluding hydrogens is 242 g/mol. The molecule has 1 aromatic heterocycles. The molecule has 0 saturated carbocycles. The number of aliphatic hydroxyl groups is 1. The summed E-state index contributed by atoms with van der Waals surface area (Å²) in [5.41, 5.74) is 3.10. The Morgan fingerprint density at radius 3 is 2.95 bits per heavy atom. The van der Waals surface area contributed by atoms with E-state index in [9.17, 15) is 9.90 Å². The molecule has 0 bridgehead atoms. The second-order valence-electron chi connectivity index (χ2n) is 4.74. The van der Waals surface area contributed by atoms with E-state index >= 15 is 0 Å². The minimum absolute atomic E-state index is 0.0613. The third-order valence-corrected chi connectivity index (χ3v) is 3.46. The van der Waals surface area contributed by atoms with Crippen molar-refractivity contribution >= 4 is 5.91 Å². The van der Waals surface area contributed by atoms with Gasteiger partial charge in [-0.3, -0.25) is 4.79 Å². The fourth-order valence-corrected chi connectivity index (χ4v) is 2.39. The Labute approximate surface area is 111 Å². The summed E-state index contributed by atoms with van der Waals surface area (Å²) < 4.78 is 4.97. The maximum atomic E-state index is 12.0. The molecule has 4 heteroatoms. The molecule has 0 aliphatic carbocycles. The lowest BCUT2D eigenvalue weighted by Crippen LogP contribution is -2.22. The molecule has 1 atom stereocenters. The number of aliphatic hydroxyl groups excluding tert-OH is 1. The molecular formula is C15H15NO3. The van der Waals surface area contributed by atoms with Crippen LogP contribution in [0.1, 0.15) is 39.6 Å². The first-order valence-corrected chi connectivity index (χ1v) is 6.37. The Bertz CT molecular complexity index is 589. The van der Waals surface area contributed by atoms with Crippen LogP contribution in [0, 0.1) is 0 Å². The summed E-state index contributed by atoms with van der Waals surface area (Å²) in [5, 5.41) is 13.1. The highest BCUT2D eigenvalue weighted by Gasteiger charge is 2.18. The van der Waals surface area contributed by atoms with Gasteiger partial charge in [-0.05, 0) is 36.1 Å². The van der Waals surface area contributed by atoms with Crippen LogP contribution in [0.3, 0.4) is 0 Å². The molecule has 0 saturated heterocycles. The van der Waals surface area contributed by atoms with Crippen LogP contribution in [0.4, 0.5) is 0 Å². The standard InChI is InChI=1S/C15H15NO3/c17-14(12-5-7-19-9-12)11-4-3-10-2-1-6-16-15(18)13(10)8-11/h3-5,7-9,14,17H,1-2,6H2,(H,16,18). The average Bonchev–Trinajstić information content (AvgIpc) is 2.90. The average molecular weight is 257 g/mol. The van der Waals surface area contributed by atoms with Crippen molar-refractivity contribution in [3.8, 4) is 0 Å². The van der Waals surface area contributed by atoms with Crippen LogP contribution >= 0.6 is 0 Å². The molecule has 1 amide bonds. The number of carbonyl (C=O) groups is 1. The molecule has 4 nitrogen and oxygen atoms in total. The lowest BCUT2D eigenvalue weighted by molar-refractivity contribution is 0.0956. The summed E-state index contributed by atoms with van der Waals surface area (Å²) >= 11 is 0. The van der Waals surface area contributed by atoms with Crippen molar-refractivity contribution in [1.82, 2.24) is 5.32 Å². The summed E-state index contributed by atoms with van der Waals surface area (Å²) in [4.78, 5) is 12.0. The molecule has 19 heavy (non-hydrogen) atoms. The Morgan fingerprint density at radius 1 is 1.26 bits per heavy atom. The van der Waals surface area contributed by atoms with Crippen molar-refractivity contribution in [2.24, 2.45) is 0 Å². The lowest BCUT2D eigenvalue weighted by atomic mass is 9.96. The second kappa shape index (κ2) is 4.90. The molecule has 0 fully saturated rings. The summed E-state index contributed by atoms with van der Waals surface area (Å²) in [6.07, 6.45) is 4.10. The first kappa shape index (κ1) is 12.0. The van der Waals surface area contributed by atoms with Crippen molar-refractivity contribution in [2.45, 2.75) is 18.9 Å². The normalized spacial score (nSPS) is 16.4. The minimum Gasteiger partial charge on any atom is -0.472 e. The second-order valence-corrected chi connectivity index (χ2v) is 4.74. The third kappa shape index (κ3) is 2.27. The van der Waals surface area contributed by atoms with E-state index in [2.05, 4.69) is 5.32 Å². The van der Waals surface area contributed by atoms with Crippen molar-refractivity contribution in [2.75, 3.05) is 6.54 Å². The first-order valence-electron chi connectivity index (χ1n) is 6.37. The minimum atomic E-state index is -0.764.